The molecule has 0 aromatic heterocycles. The molecule has 1 aliphatic rings. The quantitative estimate of drug-likeness (QED) is 0.891. The van der Waals surface area contributed by atoms with Gasteiger partial charge in [0.1, 0.15) is 5.75 Å². The number of aliphatic hydroxyl groups is 1. The summed E-state index contributed by atoms with van der Waals surface area (Å²) in [6.45, 7) is 0. The van der Waals surface area contributed by atoms with Gasteiger partial charge in [-0.05, 0) is 30.5 Å². The lowest BCUT2D eigenvalue weighted by Gasteiger charge is -2.39. The van der Waals surface area contributed by atoms with Gasteiger partial charge in [-0.15, -0.1) is 0 Å². The maximum Gasteiger partial charge on any atom is 0.232 e. The molecule has 1 saturated carbocycles. The number of benzene rings is 1. The Morgan fingerprint density at radius 2 is 1.70 bits per heavy atom. The molecule has 0 aliphatic heterocycles. The first-order valence-electron chi connectivity index (χ1n) is 7.16. The minimum Gasteiger partial charge on any atom is -0.508 e. The zero-order valence-corrected chi connectivity index (χ0v) is 12.2. The summed E-state index contributed by atoms with van der Waals surface area (Å²) >= 11 is 0. The monoisotopic (exact) mass is 277 g/mol. The van der Waals surface area contributed by atoms with Crippen molar-refractivity contribution in [1.29, 1.82) is 0 Å². The summed E-state index contributed by atoms with van der Waals surface area (Å²) < 4.78 is 0. The van der Waals surface area contributed by atoms with Crippen LogP contribution >= 0.6 is 0 Å². The first-order valence-corrected chi connectivity index (χ1v) is 7.16. The van der Waals surface area contributed by atoms with Crippen molar-refractivity contribution >= 4 is 5.91 Å². The van der Waals surface area contributed by atoms with Gasteiger partial charge in [0.05, 0.1) is 11.5 Å². The van der Waals surface area contributed by atoms with Gasteiger partial charge in [-0.25, -0.2) is 0 Å². The molecular formula is C16H23NO3. The standard InChI is InChI=1S/C16H23NO3/c1-17(2)15(19)14(12-6-8-13(18)9-7-12)16(20)10-4-3-5-11-16/h6-9,14,18,20H,3-5,10-11H2,1-2H3/t14-/m1/s1. The van der Waals surface area contributed by atoms with E-state index < -0.39 is 11.5 Å². The highest BCUT2D eigenvalue weighted by molar-refractivity contribution is 5.84. The molecule has 4 nitrogen and oxygen atoms in total. The minimum atomic E-state index is -0.976. The fraction of sp³-hybridized carbons (Fsp3) is 0.562. The molecule has 1 aromatic carbocycles. The molecule has 0 unspecified atom stereocenters. The molecule has 110 valence electrons. The molecule has 0 spiro atoms. The normalized spacial score (nSPS) is 19.4. The van der Waals surface area contributed by atoms with Crippen LogP contribution in [0.4, 0.5) is 0 Å². The summed E-state index contributed by atoms with van der Waals surface area (Å²) in [5.74, 6) is -0.473. The van der Waals surface area contributed by atoms with Crippen molar-refractivity contribution in [2.45, 2.75) is 43.6 Å². The van der Waals surface area contributed by atoms with E-state index in [9.17, 15) is 15.0 Å². The molecule has 20 heavy (non-hydrogen) atoms. The van der Waals surface area contributed by atoms with Crippen LogP contribution in [0.25, 0.3) is 0 Å². The lowest BCUT2D eigenvalue weighted by Crippen LogP contribution is -2.46. The van der Waals surface area contributed by atoms with Crippen molar-refractivity contribution in [2.75, 3.05) is 14.1 Å². The van der Waals surface area contributed by atoms with E-state index in [-0.39, 0.29) is 11.7 Å². The van der Waals surface area contributed by atoms with Gasteiger partial charge in [0.2, 0.25) is 5.91 Å². The molecule has 0 heterocycles. The third kappa shape index (κ3) is 2.96. The third-order valence-electron chi connectivity index (χ3n) is 4.17. The second kappa shape index (κ2) is 5.83. The Balaban J connectivity index is 2.38. The maximum absolute atomic E-state index is 12.5. The van der Waals surface area contributed by atoms with Crippen molar-refractivity contribution in [3.8, 4) is 5.75 Å². The zero-order chi connectivity index (χ0) is 14.8. The average Bonchev–Trinajstić information content (AvgIpc) is 2.41. The van der Waals surface area contributed by atoms with Gasteiger partial charge in [-0.2, -0.15) is 0 Å². The highest BCUT2D eigenvalue weighted by Crippen LogP contribution is 2.41. The Kier molecular flexibility index (Phi) is 4.33. The fourth-order valence-electron chi connectivity index (χ4n) is 3.06. The number of rotatable bonds is 3. The molecule has 1 atom stereocenters. The van der Waals surface area contributed by atoms with Crippen molar-refractivity contribution in [2.24, 2.45) is 0 Å². The van der Waals surface area contributed by atoms with Crippen LogP contribution in [0.2, 0.25) is 0 Å². The Bertz CT molecular complexity index is 461. The first kappa shape index (κ1) is 14.9. The highest BCUT2D eigenvalue weighted by Gasteiger charge is 2.43. The number of nitrogens with zero attached hydrogens (tertiary/aromatic N) is 1. The van der Waals surface area contributed by atoms with Crippen molar-refractivity contribution in [3.05, 3.63) is 29.8 Å². The van der Waals surface area contributed by atoms with Gasteiger partial charge in [0, 0.05) is 14.1 Å². The predicted molar refractivity (Wildman–Crippen MR) is 77.6 cm³/mol. The molecule has 0 bridgehead atoms. The average molecular weight is 277 g/mol. The number of likely N-dealkylation sites (N-methyl/N-ethyl adjacent to an activating group) is 1. The van der Waals surface area contributed by atoms with Crippen LogP contribution in [0, 0.1) is 0 Å². The van der Waals surface area contributed by atoms with E-state index in [1.54, 1.807) is 38.4 Å². The van der Waals surface area contributed by atoms with E-state index in [1.807, 2.05) is 0 Å². The molecule has 0 saturated heterocycles. The van der Waals surface area contributed by atoms with Crippen molar-refractivity contribution in [3.63, 3.8) is 0 Å². The van der Waals surface area contributed by atoms with E-state index in [0.717, 1.165) is 24.8 Å². The summed E-state index contributed by atoms with van der Waals surface area (Å²) in [6, 6.07) is 6.59. The number of carbonyl (C=O) groups excluding carboxylic acids is 1. The largest absolute Gasteiger partial charge is 0.508 e. The third-order valence-corrected chi connectivity index (χ3v) is 4.17. The fourth-order valence-corrected chi connectivity index (χ4v) is 3.06. The highest BCUT2D eigenvalue weighted by atomic mass is 16.3. The second-order valence-corrected chi connectivity index (χ2v) is 5.92. The smallest absolute Gasteiger partial charge is 0.232 e. The number of hydrogen-bond acceptors (Lipinski definition) is 3. The van der Waals surface area contributed by atoms with E-state index in [1.165, 1.54) is 4.90 Å². The zero-order valence-electron chi connectivity index (χ0n) is 12.2. The van der Waals surface area contributed by atoms with E-state index >= 15 is 0 Å². The summed E-state index contributed by atoms with van der Waals surface area (Å²) in [5.41, 5.74) is -0.206. The number of aromatic hydroxyl groups is 1. The molecule has 1 fully saturated rings. The molecule has 1 amide bonds. The van der Waals surface area contributed by atoms with Crippen LogP contribution in [0.1, 0.15) is 43.6 Å². The van der Waals surface area contributed by atoms with E-state index in [4.69, 9.17) is 0 Å². The SMILES string of the molecule is CN(C)C(=O)[C@@H](c1ccc(O)cc1)C1(O)CCCCC1. The summed E-state index contributed by atoms with van der Waals surface area (Å²) in [5, 5.41) is 20.4. The Morgan fingerprint density at radius 1 is 1.15 bits per heavy atom. The predicted octanol–water partition coefficient (Wildman–Crippen LogP) is 2.26. The topological polar surface area (TPSA) is 60.8 Å². The van der Waals surface area contributed by atoms with E-state index in [0.29, 0.717) is 12.8 Å². The van der Waals surface area contributed by atoms with Gasteiger partial charge >= 0.3 is 0 Å². The number of amides is 1. The summed E-state index contributed by atoms with van der Waals surface area (Å²) in [4.78, 5) is 14.1. The molecule has 0 radical (unpaired) electrons. The molecule has 2 N–H and O–H groups in total. The second-order valence-electron chi connectivity index (χ2n) is 5.92. The van der Waals surface area contributed by atoms with Crippen LogP contribution in [-0.4, -0.2) is 40.7 Å². The molecular weight excluding hydrogens is 254 g/mol. The molecule has 1 aromatic rings. The lowest BCUT2D eigenvalue weighted by atomic mass is 9.72. The van der Waals surface area contributed by atoms with Gasteiger partial charge in [0.25, 0.3) is 0 Å². The molecule has 1 aliphatic carbocycles. The maximum atomic E-state index is 12.5. The van der Waals surface area contributed by atoms with Crippen LogP contribution in [0.15, 0.2) is 24.3 Å². The van der Waals surface area contributed by atoms with Crippen LogP contribution < -0.4 is 0 Å². The van der Waals surface area contributed by atoms with Gasteiger partial charge in [-0.3, -0.25) is 4.79 Å². The van der Waals surface area contributed by atoms with Crippen LogP contribution in [0.5, 0.6) is 5.75 Å². The summed E-state index contributed by atoms with van der Waals surface area (Å²) in [6.07, 6.45) is 4.31. The molecule has 2 rings (SSSR count). The van der Waals surface area contributed by atoms with E-state index in [2.05, 4.69) is 0 Å². The first-order chi connectivity index (χ1) is 9.44. The summed E-state index contributed by atoms with van der Waals surface area (Å²) in [7, 11) is 3.42. The van der Waals surface area contributed by atoms with Gasteiger partial charge in [-0.1, -0.05) is 31.4 Å². The molecule has 4 heteroatoms. The number of hydrogen-bond donors (Lipinski definition) is 2. The number of carbonyl (C=O) groups is 1. The number of phenols is 1. The van der Waals surface area contributed by atoms with Crippen LogP contribution in [-0.2, 0) is 4.79 Å². The van der Waals surface area contributed by atoms with Crippen LogP contribution in [0.3, 0.4) is 0 Å². The Morgan fingerprint density at radius 3 is 2.20 bits per heavy atom. The van der Waals surface area contributed by atoms with Gasteiger partial charge in [0.15, 0.2) is 0 Å². The Hall–Kier alpha value is -1.55. The lowest BCUT2D eigenvalue weighted by molar-refractivity contribution is -0.139. The van der Waals surface area contributed by atoms with Gasteiger partial charge < -0.3 is 15.1 Å². The number of phenolic OH excluding ortho intramolecular Hbond substituents is 1. The van der Waals surface area contributed by atoms with Crippen molar-refractivity contribution < 1.29 is 15.0 Å². The van der Waals surface area contributed by atoms with Crippen molar-refractivity contribution in [1.82, 2.24) is 4.90 Å². The Labute approximate surface area is 120 Å². The minimum absolute atomic E-state index is 0.0833.